The molecule has 1 heterocycles. The lowest BCUT2D eigenvalue weighted by molar-refractivity contribution is -0.276. The van der Waals surface area contributed by atoms with E-state index in [0.717, 1.165) is 7.11 Å². The van der Waals surface area contributed by atoms with E-state index in [0.29, 0.717) is 6.07 Å². The zero-order valence-corrected chi connectivity index (χ0v) is 9.76. The van der Waals surface area contributed by atoms with Crippen LogP contribution < -0.4 is 9.47 Å². The van der Waals surface area contributed by atoms with E-state index >= 15 is 0 Å². The van der Waals surface area contributed by atoms with E-state index in [1.54, 1.807) is 0 Å². The topological polar surface area (TPSA) is 55.1 Å². The Bertz CT molecular complexity index is 532. The molecule has 0 fully saturated rings. The van der Waals surface area contributed by atoms with Crippen LogP contribution in [0.15, 0.2) is 6.07 Å². The van der Waals surface area contributed by atoms with Gasteiger partial charge in [-0.1, -0.05) is 0 Å². The van der Waals surface area contributed by atoms with Gasteiger partial charge < -0.3 is 9.47 Å². The van der Waals surface area contributed by atoms with Crippen LogP contribution in [0.1, 0.15) is 11.3 Å². The number of nitrogens with zero attached hydrogens (tertiary/aromatic N) is 2. The summed E-state index contributed by atoms with van der Waals surface area (Å²) in [5, 5.41) is 8.46. The molecule has 10 heteroatoms. The van der Waals surface area contributed by atoms with Crippen molar-refractivity contribution in [2.24, 2.45) is 0 Å². The molecule has 0 amide bonds. The average Bonchev–Trinajstić information content (AvgIpc) is 2.27. The second-order valence-corrected chi connectivity index (χ2v) is 3.38. The minimum atomic E-state index is -5.23. The molecule has 0 spiro atoms. The lowest BCUT2D eigenvalue weighted by Crippen LogP contribution is -2.21. The second-order valence-electron chi connectivity index (χ2n) is 3.38. The lowest BCUT2D eigenvalue weighted by atomic mass is 10.1. The summed E-state index contributed by atoms with van der Waals surface area (Å²) in [5.74, 6) is -2.12. The van der Waals surface area contributed by atoms with Crippen LogP contribution in [0.25, 0.3) is 0 Å². The third-order valence-electron chi connectivity index (χ3n) is 2.00. The Kier molecular flexibility index (Phi) is 4.32. The monoisotopic (exact) mass is 300 g/mol. The SMILES string of the molecule is COc1cc(CC#N)c(OC(F)(F)F)nc1C(F)(F)F. The summed E-state index contributed by atoms with van der Waals surface area (Å²) in [6.07, 6.45) is -10.9. The lowest BCUT2D eigenvalue weighted by Gasteiger charge is -2.16. The summed E-state index contributed by atoms with van der Waals surface area (Å²) >= 11 is 0. The van der Waals surface area contributed by atoms with Crippen molar-refractivity contribution in [3.8, 4) is 17.7 Å². The molecule has 0 unspecified atom stereocenters. The number of aromatic nitrogens is 1. The van der Waals surface area contributed by atoms with E-state index in [-0.39, 0.29) is 0 Å². The van der Waals surface area contributed by atoms with Gasteiger partial charge in [0.15, 0.2) is 5.69 Å². The Morgan fingerprint density at radius 3 is 2.25 bits per heavy atom. The molecule has 0 atom stereocenters. The van der Waals surface area contributed by atoms with Gasteiger partial charge in [-0.3, -0.25) is 0 Å². The highest BCUT2D eigenvalue weighted by molar-refractivity contribution is 5.41. The van der Waals surface area contributed by atoms with Crippen molar-refractivity contribution in [2.45, 2.75) is 19.0 Å². The molecule has 0 bridgehead atoms. The van der Waals surface area contributed by atoms with Crippen LogP contribution in [0.3, 0.4) is 0 Å². The molecule has 0 aliphatic rings. The first kappa shape index (κ1) is 15.9. The molecule has 4 nitrogen and oxygen atoms in total. The second kappa shape index (κ2) is 5.44. The maximum Gasteiger partial charge on any atom is 0.574 e. The van der Waals surface area contributed by atoms with Crippen molar-refractivity contribution >= 4 is 0 Å². The van der Waals surface area contributed by atoms with Crippen molar-refractivity contribution in [2.75, 3.05) is 7.11 Å². The van der Waals surface area contributed by atoms with Gasteiger partial charge >= 0.3 is 12.5 Å². The quantitative estimate of drug-likeness (QED) is 0.805. The van der Waals surface area contributed by atoms with Crippen molar-refractivity contribution in [1.82, 2.24) is 4.98 Å². The van der Waals surface area contributed by atoms with Crippen molar-refractivity contribution in [1.29, 1.82) is 5.26 Å². The largest absolute Gasteiger partial charge is 0.574 e. The van der Waals surface area contributed by atoms with Gasteiger partial charge in [-0.2, -0.15) is 18.4 Å². The first-order valence-electron chi connectivity index (χ1n) is 4.86. The molecule has 20 heavy (non-hydrogen) atoms. The van der Waals surface area contributed by atoms with E-state index in [2.05, 4.69) is 14.5 Å². The number of ether oxygens (including phenoxy) is 2. The predicted octanol–water partition coefficient (Wildman–Crippen LogP) is 3.07. The van der Waals surface area contributed by atoms with Crippen LogP contribution in [0.5, 0.6) is 11.6 Å². The first-order chi connectivity index (χ1) is 9.08. The molecule has 110 valence electrons. The molecule has 0 aliphatic heterocycles. The maximum atomic E-state index is 12.6. The number of hydrogen-bond donors (Lipinski definition) is 0. The highest BCUT2D eigenvalue weighted by Crippen LogP contribution is 2.38. The normalized spacial score (nSPS) is 11.9. The summed E-state index contributed by atoms with van der Waals surface area (Å²) in [4.78, 5) is 2.78. The Balaban J connectivity index is 3.43. The molecular formula is C10H6F6N2O2. The number of alkyl halides is 6. The smallest absolute Gasteiger partial charge is 0.494 e. The standard InChI is InChI=1S/C10H6F6N2O2/c1-19-6-4-5(2-3-17)8(20-10(14,15)16)18-7(6)9(11,12)13/h4H,2H2,1H3. The zero-order valence-electron chi connectivity index (χ0n) is 9.76. The maximum absolute atomic E-state index is 12.6. The molecule has 1 rings (SSSR count). The molecule has 0 aromatic carbocycles. The molecule has 0 saturated heterocycles. The molecule has 0 radical (unpaired) electrons. The molecule has 0 N–H and O–H groups in total. The van der Waals surface area contributed by atoms with Gasteiger partial charge in [-0.05, 0) is 6.07 Å². The third-order valence-corrected chi connectivity index (χ3v) is 2.00. The van der Waals surface area contributed by atoms with Gasteiger partial charge in [0.2, 0.25) is 5.88 Å². The van der Waals surface area contributed by atoms with Gasteiger partial charge in [-0.25, -0.2) is 4.98 Å². The van der Waals surface area contributed by atoms with E-state index in [9.17, 15) is 26.3 Å². The Morgan fingerprint density at radius 2 is 1.85 bits per heavy atom. The summed E-state index contributed by atoms with van der Waals surface area (Å²) in [6.45, 7) is 0. The number of rotatable bonds is 3. The Morgan fingerprint density at radius 1 is 1.25 bits per heavy atom. The van der Waals surface area contributed by atoms with Crippen molar-refractivity contribution < 1.29 is 35.8 Å². The zero-order chi connectivity index (χ0) is 15.6. The fourth-order valence-electron chi connectivity index (χ4n) is 1.29. The fourth-order valence-corrected chi connectivity index (χ4v) is 1.29. The average molecular weight is 300 g/mol. The third kappa shape index (κ3) is 3.91. The number of hydrogen-bond acceptors (Lipinski definition) is 4. The van der Waals surface area contributed by atoms with E-state index in [4.69, 9.17) is 5.26 Å². The highest BCUT2D eigenvalue weighted by Gasteiger charge is 2.40. The van der Waals surface area contributed by atoms with Crippen LogP contribution in [0.2, 0.25) is 0 Å². The summed E-state index contributed by atoms with van der Waals surface area (Å²) in [6, 6.07) is 2.13. The van der Waals surface area contributed by atoms with Gasteiger partial charge in [0.25, 0.3) is 0 Å². The number of methoxy groups -OCH3 is 1. The summed E-state index contributed by atoms with van der Waals surface area (Å²) < 4.78 is 82.0. The molecule has 0 saturated carbocycles. The van der Waals surface area contributed by atoms with Crippen LogP contribution in [0, 0.1) is 11.3 Å². The fraction of sp³-hybridized carbons (Fsp3) is 0.400. The molecule has 0 aliphatic carbocycles. The van der Waals surface area contributed by atoms with Crippen LogP contribution in [-0.4, -0.2) is 18.5 Å². The van der Waals surface area contributed by atoms with Crippen LogP contribution >= 0.6 is 0 Å². The number of nitriles is 1. The van der Waals surface area contributed by atoms with E-state index < -0.39 is 41.8 Å². The van der Waals surface area contributed by atoms with Crippen LogP contribution in [-0.2, 0) is 12.6 Å². The predicted molar refractivity (Wildman–Crippen MR) is 51.8 cm³/mol. The van der Waals surface area contributed by atoms with E-state index in [1.165, 1.54) is 6.07 Å². The minimum Gasteiger partial charge on any atom is -0.494 e. The van der Waals surface area contributed by atoms with Gasteiger partial charge in [0.05, 0.1) is 19.6 Å². The number of halogens is 6. The Labute approximate surface area is 108 Å². The van der Waals surface area contributed by atoms with Crippen LogP contribution in [0.4, 0.5) is 26.3 Å². The minimum absolute atomic E-state index is 0.463. The first-order valence-corrected chi connectivity index (χ1v) is 4.86. The number of pyridine rings is 1. The molecule has 1 aromatic heterocycles. The summed E-state index contributed by atoms with van der Waals surface area (Å²) in [7, 11) is 0.896. The summed E-state index contributed by atoms with van der Waals surface area (Å²) in [5.41, 5.74) is -2.13. The van der Waals surface area contributed by atoms with Gasteiger partial charge in [-0.15, -0.1) is 13.2 Å². The Hall–Kier alpha value is -2.18. The van der Waals surface area contributed by atoms with Gasteiger partial charge in [0, 0.05) is 5.56 Å². The van der Waals surface area contributed by atoms with E-state index in [1.807, 2.05) is 0 Å². The molecular weight excluding hydrogens is 294 g/mol. The van der Waals surface area contributed by atoms with Crippen molar-refractivity contribution in [3.05, 3.63) is 17.3 Å². The highest BCUT2D eigenvalue weighted by atomic mass is 19.4. The van der Waals surface area contributed by atoms with Gasteiger partial charge in [0.1, 0.15) is 5.75 Å². The molecule has 1 aromatic rings. The van der Waals surface area contributed by atoms with Crippen molar-refractivity contribution in [3.63, 3.8) is 0 Å².